The van der Waals surface area contributed by atoms with Crippen LogP contribution in [-0.4, -0.2) is 41.6 Å². The van der Waals surface area contributed by atoms with Gasteiger partial charge in [-0.15, -0.1) is 11.8 Å². The van der Waals surface area contributed by atoms with Crippen molar-refractivity contribution in [2.45, 2.75) is 50.3 Å². The van der Waals surface area contributed by atoms with Crippen molar-refractivity contribution in [2.24, 2.45) is 11.7 Å². The molecule has 0 saturated heterocycles. The van der Waals surface area contributed by atoms with E-state index in [-0.39, 0.29) is 23.1 Å². The first-order chi connectivity index (χ1) is 11.2. The highest BCUT2D eigenvalue weighted by molar-refractivity contribution is 8.00. The molecule has 1 rings (SSSR count). The van der Waals surface area contributed by atoms with Crippen LogP contribution < -0.4 is 11.1 Å². The minimum atomic E-state index is -0.170. The van der Waals surface area contributed by atoms with Crippen LogP contribution in [-0.2, 0) is 9.59 Å². The molecule has 0 bridgehead atoms. The number of nitrogens with two attached hydrogens (primary N) is 1. The molecule has 0 aliphatic carbocycles. The monoisotopic (exact) mass is 351 g/mol. The number of thioether (sulfide) groups is 1. The van der Waals surface area contributed by atoms with Crippen LogP contribution in [0.15, 0.2) is 29.2 Å². The summed E-state index contributed by atoms with van der Waals surface area (Å²) in [6, 6.07) is 7.62. The van der Waals surface area contributed by atoms with Crippen LogP contribution in [0.5, 0.6) is 0 Å². The van der Waals surface area contributed by atoms with Gasteiger partial charge >= 0.3 is 0 Å². The van der Waals surface area contributed by atoms with Crippen LogP contribution in [0.25, 0.3) is 0 Å². The molecule has 134 valence electrons. The summed E-state index contributed by atoms with van der Waals surface area (Å²) in [4.78, 5) is 26.2. The molecule has 3 N–H and O–H groups in total. The lowest BCUT2D eigenvalue weighted by Gasteiger charge is -2.24. The second-order valence-corrected chi connectivity index (χ2v) is 7.84. The van der Waals surface area contributed by atoms with Gasteiger partial charge in [-0.2, -0.15) is 0 Å². The minimum Gasteiger partial charge on any atom is -0.345 e. The van der Waals surface area contributed by atoms with E-state index in [0.29, 0.717) is 12.5 Å². The molecule has 0 aromatic heterocycles. The van der Waals surface area contributed by atoms with Crippen molar-refractivity contribution in [2.75, 3.05) is 18.9 Å². The number of hydrogen-bond acceptors (Lipinski definition) is 4. The lowest BCUT2D eigenvalue weighted by atomic mass is 10.0. The Balaban J connectivity index is 2.52. The van der Waals surface area contributed by atoms with Gasteiger partial charge in [0.2, 0.25) is 11.8 Å². The van der Waals surface area contributed by atoms with Gasteiger partial charge in [0.05, 0.1) is 5.25 Å². The molecular formula is C18H29N3O2S. The Bertz CT molecular complexity index is 546. The SMILES string of the molecule is CC(=O)Nc1ccc(SC(C)C(=O)N(C)CCC(N)C(C)C)cc1. The third kappa shape index (κ3) is 6.93. The Kier molecular flexibility index (Phi) is 8.28. The molecule has 0 aliphatic heterocycles. The van der Waals surface area contributed by atoms with Gasteiger partial charge in [0.15, 0.2) is 0 Å². The molecule has 0 fully saturated rings. The van der Waals surface area contributed by atoms with Gasteiger partial charge in [0.25, 0.3) is 0 Å². The number of anilines is 1. The molecule has 2 unspecified atom stereocenters. The fourth-order valence-corrected chi connectivity index (χ4v) is 3.15. The van der Waals surface area contributed by atoms with E-state index < -0.39 is 0 Å². The van der Waals surface area contributed by atoms with Gasteiger partial charge in [-0.25, -0.2) is 0 Å². The van der Waals surface area contributed by atoms with Gasteiger partial charge in [-0.05, 0) is 43.5 Å². The minimum absolute atomic E-state index is 0.0971. The first-order valence-corrected chi connectivity index (χ1v) is 9.13. The van der Waals surface area contributed by atoms with Crippen LogP contribution in [0.1, 0.15) is 34.1 Å². The van der Waals surface area contributed by atoms with Crippen LogP contribution in [0.2, 0.25) is 0 Å². The maximum atomic E-state index is 12.4. The van der Waals surface area contributed by atoms with Crippen LogP contribution in [0.4, 0.5) is 5.69 Å². The number of nitrogens with one attached hydrogen (secondary N) is 1. The van der Waals surface area contributed by atoms with Gasteiger partial charge in [0.1, 0.15) is 0 Å². The lowest BCUT2D eigenvalue weighted by molar-refractivity contribution is -0.129. The molecule has 0 saturated carbocycles. The lowest BCUT2D eigenvalue weighted by Crippen LogP contribution is -2.37. The second-order valence-electron chi connectivity index (χ2n) is 6.42. The zero-order valence-corrected chi connectivity index (χ0v) is 16.0. The average Bonchev–Trinajstić information content (AvgIpc) is 2.52. The summed E-state index contributed by atoms with van der Waals surface area (Å²) in [7, 11) is 1.83. The molecule has 1 aromatic rings. The fraction of sp³-hybridized carbons (Fsp3) is 0.556. The maximum Gasteiger partial charge on any atom is 0.235 e. The number of rotatable bonds is 8. The largest absolute Gasteiger partial charge is 0.345 e. The molecule has 2 amide bonds. The summed E-state index contributed by atoms with van der Waals surface area (Å²) in [5, 5.41) is 2.56. The first-order valence-electron chi connectivity index (χ1n) is 8.25. The van der Waals surface area contributed by atoms with E-state index in [4.69, 9.17) is 5.73 Å². The van der Waals surface area contributed by atoms with E-state index in [1.165, 1.54) is 18.7 Å². The number of hydrogen-bond donors (Lipinski definition) is 2. The second kappa shape index (κ2) is 9.69. The topological polar surface area (TPSA) is 75.4 Å². The summed E-state index contributed by atoms with van der Waals surface area (Å²) in [5.74, 6) is 0.421. The van der Waals surface area contributed by atoms with Crippen LogP contribution >= 0.6 is 11.8 Å². The molecule has 6 heteroatoms. The van der Waals surface area contributed by atoms with Gasteiger partial charge in [-0.3, -0.25) is 9.59 Å². The zero-order chi connectivity index (χ0) is 18.3. The molecule has 0 radical (unpaired) electrons. The zero-order valence-electron chi connectivity index (χ0n) is 15.2. The van der Waals surface area contributed by atoms with E-state index in [2.05, 4.69) is 19.2 Å². The van der Waals surface area contributed by atoms with Crippen molar-refractivity contribution in [1.29, 1.82) is 0 Å². The molecule has 24 heavy (non-hydrogen) atoms. The number of amides is 2. The highest BCUT2D eigenvalue weighted by atomic mass is 32.2. The number of nitrogens with zero attached hydrogens (tertiary/aromatic N) is 1. The van der Waals surface area contributed by atoms with Crippen molar-refractivity contribution in [3.63, 3.8) is 0 Å². The average molecular weight is 352 g/mol. The number of benzene rings is 1. The highest BCUT2D eigenvalue weighted by Gasteiger charge is 2.19. The summed E-state index contributed by atoms with van der Waals surface area (Å²) >= 11 is 1.51. The summed E-state index contributed by atoms with van der Waals surface area (Å²) in [5.41, 5.74) is 6.80. The van der Waals surface area contributed by atoms with Crippen LogP contribution in [0.3, 0.4) is 0 Å². The molecule has 0 heterocycles. The van der Waals surface area contributed by atoms with Crippen molar-refractivity contribution >= 4 is 29.3 Å². The molecule has 5 nitrogen and oxygen atoms in total. The quantitative estimate of drug-likeness (QED) is 0.706. The molecular weight excluding hydrogens is 322 g/mol. The standard InChI is InChI=1S/C18H29N3O2S/c1-12(2)17(19)10-11-21(5)18(23)13(3)24-16-8-6-15(7-9-16)20-14(4)22/h6-9,12-13,17H,10-11,19H2,1-5H3,(H,20,22). The Hall–Kier alpha value is -1.53. The van der Waals surface area contributed by atoms with E-state index in [0.717, 1.165) is 17.0 Å². The molecule has 1 aromatic carbocycles. The van der Waals surface area contributed by atoms with Crippen molar-refractivity contribution < 1.29 is 9.59 Å². The summed E-state index contributed by atoms with van der Waals surface area (Å²) < 4.78 is 0. The predicted octanol–water partition coefficient (Wildman–Crippen LogP) is 2.96. The van der Waals surface area contributed by atoms with E-state index in [1.54, 1.807) is 4.90 Å². The van der Waals surface area contributed by atoms with Gasteiger partial charge < -0.3 is 16.0 Å². The molecule has 2 atom stereocenters. The summed E-state index contributed by atoms with van der Waals surface area (Å²) in [6.45, 7) is 8.24. The Morgan fingerprint density at radius 1 is 1.21 bits per heavy atom. The Labute approximate surface area is 149 Å². The summed E-state index contributed by atoms with van der Waals surface area (Å²) in [6.07, 6.45) is 0.808. The maximum absolute atomic E-state index is 12.4. The van der Waals surface area contributed by atoms with Gasteiger partial charge in [-0.1, -0.05) is 13.8 Å². The normalized spacial score (nSPS) is 13.5. The third-order valence-corrected chi connectivity index (χ3v) is 4.97. The smallest absolute Gasteiger partial charge is 0.235 e. The predicted molar refractivity (Wildman–Crippen MR) is 101 cm³/mol. The van der Waals surface area contributed by atoms with E-state index >= 15 is 0 Å². The Morgan fingerprint density at radius 2 is 1.79 bits per heavy atom. The van der Waals surface area contributed by atoms with E-state index in [1.807, 2.05) is 38.2 Å². The Morgan fingerprint density at radius 3 is 2.29 bits per heavy atom. The number of carbonyl (C=O) groups excluding carboxylic acids is 2. The van der Waals surface area contributed by atoms with Crippen LogP contribution in [0, 0.1) is 5.92 Å². The fourth-order valence-electron chi connectivity index (χ4n) is 2.17. The van der Waals surface area contributed by atoms with Crippen molar-refractivity contribution in [3.8, 4) is 0 Å². The number of carbonyl (C=O) groups is 2. The van der Waals surface area contributed by atoms with Gasteiger partial charge in [0, 0.05) is 37.1 Å². The third-order valence-electron chi connectivity index (χ3n) is 3.87. The van der Waals surface area contributed by atoms with E-state index in [9.17, 15) is 9.59 Å². The highest BCUT2D eigenvalue weighted by Crippen LogP contribution is 2.25. The first kappa shape index (κ1) is 20.5. The van der Waals surface area contributed by atoms with Crippen molar-refractivity contribution in [1.82, 2.24) is 4.90 Å². The molecule has 0 spiro atoms. The van der Waals surface area contributed by atoms with Crippen molar-refractivity contribution in [3.05, 3.63) is 24.3 Å². The molecule has 0 aliphatic rings.